The Morgan fingerprint density at radius 1 is 1.23 bits per heavy atom. The molecule has 3 heterocycles. The van der Waals surface area contributed by atoms with Gasteiger partial charge in [-0.05, 0) is 31.9 Å². The molecule has 0 bridgehead atoms. The number of halogens is 2. The first-order valence-electron chi connectivity index (χ1n) is 10.6. The van der Waals surface area contributed by atoms with Crippen LogP contribution in [0.2, 0.25) is 0 Å². The van der Waals surface area contributed by atoms with E-state index in [9.17, 15) is 13.6 Å². The molecule has 0 aromatic carbocycles. The number of aromatic nitrogens is 4. The Morgan fingerprint density at radius 3 is 2.60 bits per heavy atom. The molecule has 162 valence electrons. The van der Waals surface area contributed by atoms with Crippen LogP contribution in [0.15, 0.2) is 30.7 Å². The molecule has 0 aliphatic heterocycles. The second-order valence-corrected chi connectivity index (χ2v) is 7.67. The lowest BCUT2D eigenvalue weighted by Gasteiger charge is -2.21. The van der Waals surface area contributed by atoms with E-state index in [-0.39, 0.29) is 17.4 Å². The van der Waals surface area contributed by atoms with Crippen molar-refractivity contribution in [2.24, 2.45) is 0 Å². The molecule has 0 spiro atoms. The largest absolute Gasteiger partial charge is 0.319 e. The lowest BCUT2D eigenvalue weighted by atomic mass is 9.96. The van der Waals surface area contributed by atoms with Gasteiger partial charge in [0.1, 0.15) is 5.65 Å². The van der Waals surface area contributed by atoms with Gasteiger partial charge in [-0.25, -0.2) is 13.8 Å². The quantitative estimate of drug-likeness (QED) is 0.570. The zero-order valence-electron chi connectivity index (χ0n) is 17.7. The minimum absolute atomic E-state index is 0.0626. The van der Waals surface area contributed by atoms with Crippen molar-refractivity contribution in [3.8, 4) is 0 Å². The molecule has 3 aromatic rings. The third kappa shape index (κ3) is 4.68. The molecule has 1 N–H and O–H groups in total. The maximum atomic E-state index is 13.5. The first kappa shape index (κ1) is 21.9. The van der Waals surface area contributed by atoms with Gasteiger partial charge < -0.3 is 9.72 Å². The minimum atomic E-state index is -2.75. The molecule has 8 heteroatoms. The first-order chi connectivity index (χ1) is 14.5. The Hall–Kier alpha value is -2.77. The predicted molar refractivity (Wildman–Crippen MR) is 113 cm³/mol. The molecule has 1 aliphatic carbocycles. The van der Waals surface area contributed by atoms with Gasteiger partial charge in [-0.2, -0.15) is 5.10 Å². The van der Waals surface area contributed by atoms with E-state index >= 15 is 0 Å². The van der Waals surface area contributed by atoms with Gasteiger partial charge in [-0.1, -0.05) is 39.5 Å². The number of carbonyl (C=O) groups excluding carboxylic acids is 1. The molecule has 3 aromatic heterocycles. The highest BCUT2D eigenvalue weighted by Gasteiger charge is 2.25. The number of rotatable bonds is 4. The van der Waals surface area contributed by atoms with Gasteiger partial charge in [0, 0.05) is 24.3 Å². The van der Waals surface area contributed by atoms with Gasteiger partial charge in [0.25, 0.3) is 12.3 Å². The van der Waals surface area contributed by atoms with Crippen LogP contribution in [-0.2, 0) is 0 Å². The number of nitrogens with zero attached hydrogens (tertiary/aromatic N) is 4. The van der Waals surface area contributed by atoms with Crippen LogP contribution in [0.3, 0.4) is 0 Å². The van der Waals surface area contributed by atoms with E-state index in [1.165, 1.54) is 12.6 Å². The summed E-state index contributed by atoms with van der Waals surface area (Å²) in [5.74, 6) is -0.472. The summed E-state index contributed by atoms with van der Waals surface area (Å²) in [5.41, 5.74) is 1.43. The molecule has 6 nitrogen and oxygen atoms in total. The first-order valence-corrected chi connectivity index (χ1v) is 10.6. The van der Waals surface area contributed by atoms with Crippen molar-refractivity contribution in [3.63, 3.8) is 0 Å². The molecule has 1 amide bonds. The number of fused-ring (bicyclic) bond motifs is 1. The van der Waals surface area contributed by atoms with Crippen molar-refractivity contribution >= 4 is 17.2 Å². The lowest BCUT2D eigenvalue weighted by molar-refractivity contribution is 0.102. The highest BCUT2D eigenvalue weighted by molar-refractivity contribution is 6.08. The summed E-state index contributed by atoms with van der Waals surface area (Å²) in [6.07, 6.45) is 8.53. The van der Waals surface area contributed by atoms with Crippen LogP contribution in [-0.4, -0.2) is 25.1 Å². The summed E-state index contributed by atoms with van der Waals surface area (Å²) in [4.78, 5) is 16.9. The van der Waals surface area contributed by atoms with E-state index < -0.39 is 12.3 Å². The van der Waals surface area contributed by atoms with Crippen molar-refractivity contribution in [1.29, 1.82) is 0 Å². The third-order valence-electron chi connectivity index (χ3n) is 5.16. The van der Waals surface area contributed by atoms with E-state index in [4.69, 9.17) is 0 Å². The number of amides is 1. The predicted octanol–water partition coefficient (Wildman–Crippen LogP) is 5.95. The molecule has 0 atom stereocenters. The van der Waals surface area contributed by atoms with Gasteiger partial charge in [-0.15, -0.1) is 0 Å². The van der Waals surface area contributed by atoms with E-state index in [2.05, 4.69) is 29.2 Å². The molecular formula is C22H29F2N5O. The Bertz CT molecular complexity index is 989. The van der Waals surface area contributed by atoms with Crippen LogP contribution in [0.25, 0.3) is 5.65 Å². The highest BCUT2D eigenvalue weighted by Crippen LogP contribution is 2.32. The molecule has 4 rings (SSSR count). The average molecular weight is 418 g/mol. The third-order valence-corrected chi connectivity index (χ3v) is 5.16. The SMILES string of the molecule is CCC.Cc1ccnc2c(C(=O)Nc3cn(C4CCCCC4)nc3C(F)F)ccn12. The van der Waals surface area contributed by atoms with Crippen molar-refractivity contribution < 1.29 is 13.6 Å². The molecule has 1 saturated carbocycles. The summed E-state index contributed by atoms with van der Waals surface area (Å²) in [6, 6.07) is 3.58. The van der Waals surface area contributed by atoms with E-state index in [1.807, 2.05) is 13.0 Å². The number of alkyl halides is 2. The second kappa shape index (κ2) is 9.82. The Balaban J connectivity index is 0.000000806. The maximum absolute atomic E-state index is 13.5. The molecule has 0 saturated heterocycles. The fourth-order valence-electron chi connectivity index (χ4n) is 3.70. The molecular weight excluding hydrogens is 388 g/mol. The van der Waals surface area contributed by atoms with E-state index in [1.54, 1.807) is 27.5 Å². The lowest BCUT2D eigenvalue weighted by Crippen LogP contribution is -2.14. The number of anilines is 1. The Morgan fingerprint density at radius 2 is 1.93 bits per heavy atom. The van der Waals surface area contributed by atoms with Crippen LogP contribution in [0, 0.1) is 6.92 Å². The smallest absolute Gasteiger partial charge is 0.284 e. The standard InChI is InChI=1S/C19H21F2N5O.C3H8/c1-12-7-9-22-18-14(8-10-25(12)18)19(27)23-15-11-26(24-16(15)17(20)21)13-5-3-2-4-6-13;1-3-2/h7-11,13,17H,2-6H2,1H3,(H,23,27);3H2,1-2H3. The van der Waals surface area contributed by atoms with Gasteiger partial charge in [0.2, 0.25) is 0 Å². The van der Waals surface area contributed by atoms with Gasteiger partial charge in [0.05, 0.1) is 17.3 Å². The number of nitrogens with one attached hydrogen (secondary N) is 1. The van der Waals surface area contributed by atoms with E-state index in [0.717, 1.165) is 37.8 Å². The van der Waals surface area contributed by atoms with E-state index in [0.29, 0.717) is 11.2 Å². The molecule has 30 heavy (non-hydrogen) atoms. The number of hydrogen-bond donors (Lipinski definition) is 1. The summed E-state index contributed by atoms with van der Waals surface area (Å²) >= 11 is 0. The summed E-state index contributed by atoms with van der Waals surface area (Å²) in [6.45, 7) is 6.15. The minimum Gasteiger partial charge on any atom is -0.319 e. The molecule has 0 radical (unpaired) electrons. The van der Waals surface area contributed by atoms with Crippen molar-refractivity contribution in [1.82, 2.24) is 19.2 Å². The van der Waals surface area contributed by atoms with Crippen LogP contribution >= 0.6 is 0 Å². The van der Waals surface area contributed by atoms with Gasteiger partial charge in [-0.3, -0.25) is 9.48 Å². The monoisotopic (exact) mass is 417 g/mol. The molecule has 1 aliphatic rings. The maximum Gasteiger partial charge on any atom is 0.284 e. The average Bonchev–Trinajstić information content (AvgIpc) is 3.35. The van der Waals surface area contributed by atoms with Gasteiger partial charge in [0.15, 0.2) is 5.69 Å². The van der Waals surface area contributed by atoms with Crippen LogP contribution in [0.1, 0.15) is 86.6 Å². The van der Waals surface area contributed by atoms with Crippen LogP contribution in [0.5, 0.6) is 0 Å². The molecule has 1 fully saturated rings. The normalized spacial score (nSPS) is 14.6. The summed E-state index contributed by atoms with van der Waals surface area (Å²) < 4.78 is 30.3. The Kier molecular flexibility index (Phi) is 7.18. The van der Waals surface area contributed by atoms with Gasteiger partial charge >= 0.3 is 0 Å². The van der Waals surface area contributed by atoms with Crippen LogP contribution < -0.4 is 5.32 Å². The van der Waals surface area contributed by atoms with Crippen LogP contribution in [0.4, 0.5) is 14.5 Å². The second-order valence-electron chi connectivity index (χ2n) is 7.67. The topological polar surface area (TPSA) is 64.2 Å². The van der Waals surface area contributed by atoms with Crippen molar-refractivity contribution in [2.45, 2.75) is 71.8 Å². The van der Waals surface area contributed by atoms with Crippen molar-refractivity contribution in [2.75, 3.05) is 5.32 Å². The summed E-state index contributed by atoms with van der Waals surface area (Å²) in [5, 5.41) is 6.69. The summed E-state index contributed by atoms with van der Waals surface area (Å²) in [7, 11) is 0. The number of carbonyl (C=O) groups is 1. The van der Waals surface area contributed by atoms with Crippen molar-refractivity contribution in [3.05, 3.63) is 47.7 Å². The highest BCUT2D eigenvalue weighted by atomic mass is 19.3. The zero-order valence-corrected chi connectivity index (χ0v) is 17.7. The number of hydrogen-bond acceptors (Lipinski definition) is 3. The number of aryl methyl sites for hydroxylation is 1. The Labute approximate surface area is 175 Å². The molecule has 0 unspecified atom stereocenters. The zero-order chi connectivity index (χ0) is 21.7. The fourth-order valence-corrected chi connectivity index (χ4v) is 3.70. The fraction of sp³-hybridized carbons (Fsp3) is 0.500.